The van der Waals surface area contributed by atoms with Gasteiger partial charge in [0.25, 0.3) is 0 Å². The summed E-state index contributed by atoms with van der Waals surface area (Å²) in [4.78, 5) is 0. The van der Waals surface area contributed by atoms with Crippen LogP contribution in [0.5, 0.6) is 5.75 Å². The Bertz CT molecular complexity index is 569. The van der Waals surface area contributed by atoms with Crippen molar-refractivity contribution in [3.05, 3.63) is 28.8 Å². The van der Waals surface area contributed by atoms with Gasteiger partial charge < -0.3 is 19.9 Å². The summed E-state index contributed by atoms with van der Waals surface area (Å²) in [7, 11) is 0. The number of halogens is 1. The second-order valence-electron chi connectivity index (χ2n) is 5.82. The topological polar surface area (TPSA) is 53.7 Å². The fraction of sp³-hybridized carbons (Fsp3) is 0.500. The highest BCUT2D eigenvalue weighted by Gasteiger charge is 2.33. The van der Waals surface area contributed by atoms with E-state index >= 15 is 0 Å². The summed E-state index contributed by atoms with van der Waals surface area (Å²) in [5.41, 5.74) is 9.15. The molecule has 1 unspecified atom stereocenters. The summed E-state index contributed by atoms with van der Waals surface area (Å²) in [6.07, 6.45) is -0.117. The van der Waals surface area contributed by atoms with E-state index in [-0.39, 0.29) is 6.10 Å². The molecule has 5 heteroatoms. The third-order valence-electron chi connectivity index (χ3n) is 3.46. The molecule has 4 nitrogen and oxygen atoms in total. The first kappa shape index (κ1) is 16.1. The second-order valence-corrected chi connectivity index (χ2v) is 6.22. The van der Waals surface area contributed by atoms with Gasteiger partial charge in [0.2, 0.25) is 0 Å². The summed E-state index contributed by atoms with van der Waals surface area (Å²) < 4.78 is 17.1. The van der Waals surface area contributed by atoms with Crippen LogP contribution in [0.2, 0.25) is 5.02 Å². The number of nitrogens with two attached hydrogens (primary N) is 1. The number of allylic oxidation sites excluding steroid dienone is 1. The van der Waals surface area contributed by atoms with E-state index in [0.29, 0.717) is 29.7 Å². The van der Waals surface area contributed by atoms with Crippen LogP contribution in [0.4, 0.5) is 5.69 Å². The van der Waals surface area contributed by atoms with Gasteiger partial charge in [-0.25, -0.2) is 0 Å². The van der Waals surface area contributed by atoms with E-state index in [9.17, 15) is 0 Å². The van der Waals surface area contributed by atoms with E-state index < -0.39 is 5.79 Å². The largest absolute Gasteiger partial charge is 0.488 e. The van der Waals surface area contributed by atoms with Crippen LogP contribution in [0.15, 0.2) is 12.6 Å². The summed E-state index contributed by atoms with van der Waals surface area (Å²) in [5.74, 6) is 0.0462. The van der Waals surface area contributed by atoms with Gasteiger partial charge in [-0.05, 0) is 44.9 Å². The summed E-state index contributed by atoms with van der Waals surface area (Å²) >= 11 is 6.18. The monoisotopic (exact) mass is 311 g/mol. The van der Waals surface area contributed by atoms with Crippen molar-refractivity contribution in [2.24, 2.45) is 0 Å². The minimum atomic E-state index is -0.563. The van der Waals surface area contributed by atoms with Crippen LogP contribution in [0.1, 0.15) is 31.9 Å². The molecule has 1 saturated heterocycles. The summed E-state index contributed by atoms with van der Waals surface area (Å²) in [6.45, 7) is 12.3. The molecule has 116 valence electrons. The molecule has 0 aromatic heterocycles. The molecule has 0 amide bonds. The standard InChI is InChI=1S/C16H22ClNO3/c1-9(2)12-6-13(17)10(3)14(18)15(12)19-7-11-8-20-16(4,5)21-11/h6,11H,1,7-8,18H2,2-5H3. The minimum absolute atomic E-state index is 0.117. The molecule has 0 saturated carbocycles. The molecule has 1 aliphatic heterocycles. The molecule has 0 aliphatic carbocycles. The van der Waals surface area contributed by atoms with E-state index in [4.69, 9.17) is 31.5 Å². The van der Waals surface area contributed by atoms with E-state index in [1.807, 2.05) is 33.8 Å². The zero-order chi connectivity index (χ0) is 15.8. The van der Waals surface area contributed by atoms with Gasteiger partial charge in [0, 0.05) is 10.6 Å². The number of rotatable bonds is 4. The Labute approximate surface area is 130 Å². The molecular weight excluding hydrogens is 290 g/mol. The molecule has 1 atom stereocenters. The van der Waals surface area contributed by atoms with E-state index in [1.165, 1.54) is 0 Å². The maximum atomic E-state index is 6.18. The minimum Gasteiger partial charge on any atom is -0.488 e. The van der Waals surface area contributed by atoms with Crippen molar-refractivity contribution in [3.8, 4) is 5.75 Å². The molecule has 0 bridgehead atoms. The zero-order valence-electron chi connectivity index (χ0n) is 13.0. The van der Waals surface area contributed by atoms with Gasteiger partial charge in [0.1, 0.15) is 18.5 Å². The van der Waals surface area contributed by atoms with Gasteiger partial charge in [0.05, 0.1) is 12.3 Å². The molecule has 1 aromatic rings. The quantitative estimate of drug-likeness (QED) is 0.859. The van der Waals surface area contributed by atoms with Crippen LogP contribution in [-0.4, -0.2) is 25.1 Å². The van der Waals surface area contributed by atoms with Gasteiger partial charge in [-0.1, -0.05) is 18.2 Å². The molecule has 1 fully saturated rings. The molecule has 0 spiro atoms. The van der Waals surface area contributed by atoms with Crippen molar-refractivity contribution in [2.45, 2.75) is 39.6 Å². The van der Waals surface area contributed by atoms with Crippen molar-refractivity contribution in [1.82, 2.24) is 0 Å². The fourth-order valence-corrected chi connectivity index (χ4v) is 2.45. The Morgan fingerprint density at radius 1 is 1.57 bits per heavy atom. The average Bonchev–Trinajstić information content (AvgIpc) is 2.74. The Morgan fingerprint density at radius 2 is 2.24 bits per heavy atom. The number of ether oxygens (including phenoxy) is 3. The second kappa shape index (κ2) is 5.87. The fourth-order valence-electron chi connectivity index (χ4n) is 2.24. The highest BCUT2D eigenvalue weighted by molar-refractivity contribution is 6.32. The van der Waals surface area contributed by atoms with Crippen molar-refractivity contribution in [2.75, 3.05) is 18.9 Å². The van der Waals surface area contributed by atoms with Crippen LogP contribution in [0.25, 0.3) is 5.57 Å². The molecular formula is C16H22ClNO3. The third-order valence-corrected chi connectivity index (χ3v) is 3.86. The highest BCUT2D eigenvalue weighted by atomic mass is 35.5. The smallest absolute Gasteiger partial charge is 0.163 e. The van der Waals surface area contributed by atoms with E-state index in [0.717, 1.165) is 16.7 Å². The van der Waals surface area contributed by atoms with Gasteiger partial charge in [-0.2, -0.15) is 0 Å². The first-order valence-corrected chi connectivity index (χ1v) is 7.28. The molecule has 21 heavy (non-hydrogen) atoms. The third kappa shape index (κ3) is 3.51. The lowest BCUT2D eigenvalue weighted by Crippen LogP contribution is -2.25. The van der Waals surface area contributed by atoms with Crippen LogP contribution < -0.4 is 10.5 Å². The van der Waals surface area contributed by atoms with Crippen LogP contribution in [-0.2, 0) is 9.47 Å². The lowest BCUT2D eigenvalue weighted by atomic mass is 10.0. The van der Waals surface area contributed by atoms with Crippen molar-refractivity contribution >= 4 is 22.9 Å². The first-order chi connectivity index (χ1) is 9.71. The maximum Gasteiger partial charge on any atom is 0.163 e. The van der Waals surface area contributed by atoms with Gasteiger partial charge >= 0.3 is 0 Å². The van der Waals surface area contributed by atoms with Crippen molar-refractivity contribution in [3.63, 3.8) is 0 Å². The van der Waals surface area contributed by atoms with E-state index in [2.05, 4.69) is 6.58 Å². The van der Waals surface area contributed by atoms with E-state index in [1.54, 1.807) is 0 Å². The molecule has 1 aromatic carbocycles. The normalized spacial score (nSPS) is 20.5. The zero-order valence-corrected chi connectivity index (χ0v) is 13.7. The lowest BCUT2D eigenvalue weighted by Gasteiger charge is -2.20. The summed E-state index contributed by atoms with van der Waals surface area (Å²) in [6, 6.07) is 1.83. The highest BCUT2D eigenvalue weighted by Crippen LogP contribution is 2.38. The van der Waals surface area contributed by atoms with Gasteiger partial charge in [-0.15, -0.1) is 0 Å². The first-order valence-electron chi connectivity index (χ1n) is 6.90. The average molecular weight is 312 g/mol. The Hall–Kier alpha value is -1.23. The Morgan fingerprint density at radius 3 is 2.76 bits per heavy atom. The Kier molecular flexibility index (Phi) is 4.51. The number of hydrogen-bond acceptors (Lipinski definition) is 4. The molecule has 0 radical (unpaired) electrons. The van der Waals surface area contributed by atoms with Gasteiger partial charge in [-0.3, -0.25) is 0 Å². The molecule has 2 N–H and O–H groups in total. The van der Waals surface area contributed by atoms with Crippen LogP contribution in [0.3, 0.4) is 0 Å². The van der Waals surface area contributed by atoms with Crippen LogP contribution in [0, 0.1) is 6.92 Å². The predicted molar refractivity (Wildman–Crippen MR) is 85.7 cm³/mol. The van der Waals surface area contributed by atoms with Gasteiger partial charge in [0.15, 0.2) is 5.79 Å². The molecule has 2 rings (SSSR count). The maximum absolute atomic E-state index is 6.18. The predicted octanol–water partition coefficient (Wildman–Crippen LogP) is 3.79. The number of nitrogen functional groups attached to an aromatic ring is 1. The molecule has 1 heterocycles. The van der Waals surface area contributed by atoms with Crippen molar-refractivity contribution < 1.29 is 14.2 Å². The lowest BCUT2D eigenvalue weighted by molar-refractivity contribution is -0.141. The van der Waals surface area contributed by atoms with Crippen molar-refractivity contribution in [1.29, 1.82) is 0 Å². The number of anilines is 1. The molecule has 1 aliphatic rings. The summed E-state index contributed by atoms with van der Waals surface area (Å²) in [5, 5.41) is 0.611. The van der Waals surface area contributed by atoms with Crippen LogP contribution >= 0.6 is 11.6 Å². The number of hydrogen-bond donors (Lipinski definition) is 1. The number of benzene rings is 1. The Balaban J connectivity index is 2.20. The SMILES string of the molecule is C=C(C)c1cc(Cl)c(C)c(N)c1OCC1COC(C)(C)O1.